The molecule has 4 atom stereocenters. The summed E-state index contributed by atoms with van der Waals surface area (Å²) in [4.78, 5) is 0. The van der Waals surface area contributed by atoms with Crippen LogP contribution in [0.5, 0.6) is 0 Å². The van der Waals surface area contributed by atoms with Gasteiger partial charge in [0, 0.05) is 0 Å². The Balaban J connectivity index is 2.65. The first kappa shape index (κ1) is 10.8. The molecule has 1 aliphatic rings. The van der Waals surface area contributed by atoms with E-state index in [1.54, 1.807) is 0 Å². The fraction of sp³-hybridized carbons (Fsp3) is 0.857. The number of rotatable bonds is 2. The highest BCUT2D eigenvalue weighted by Crippen LogP contribution is 2.22. The van der Waals surface area contributed by atoms with E-state index in [9.17, 15) is 10.2 Å². The van der Waals surface area contributed by atoms with Crippen molar-refractivity contribution in [1.82, 2.24) is 0 Å². The summed E-state index contributed by atoms with van der Waals surface area (Å²) in [5.74, 6) is 0. The van der Waals surface area contributed by atoms with Gasteiger partial charge in [0.15, 0.2) is 11.2 Å². The van der Waals surface area contributed by atoms with Crippen LogP contribution in [0.15, 0.2) is 0 Å². The highest BCUT2D eigenvalue weighted by Gasteiger charge is 2.44. The number of ether oxygens (including phenoxy) is 2. The molecule has 1 heterocycles. The number of hydrogen-bond acceptors (Lipinski definition) is 6. The lowest BCUT2D eigenvalue weighted by atomic mass is 10.1. The van der Waals surface area contributed by atoms with Gasteiger partial charge in [0.05, 0.1) is 13.7 Å². The van der Waals surface area contributed by atoms with Crippen molar-refractivity contribution in [1.29, 1.82) is 0 Å². The van der Waals surface area contributed by atoms with Crippen molar-refractivity contribution in [2.75, 3.05) is 13.7 Å². The molecule has 1 fully saturated rings. The Morgan fingerprint density at radius 1 is 1.46 bits per heavy atom. The molecule has 1 saturated heterocycles. The first-order valence-corrected chi connectivity index (χ1v) is 4.23. The third-order valence-electron chi connectivity index (χ3n) is 1.98. The molecule has 3 N–H and O–H groups in total. The largest absolute Gasteiger partial charge is 0.488 e. The van der Waals surface area contributed by atoms with Crippen LogP contribution in [-0.2, 0) is 9.47 Å². The van der Waals surface area contributed by atoms with E-state index in [1.165, 1.54) is 7.11 Å². The molecule has 0 amide bonds. The highest BCUT2D eigenvalue weighted by atomic mass is 32.1. The molecule has 6 heteroatoms. The number of aliphatic hydroxyl groups is 3. The second kappa shape index (κ2) is 4.30. The van der Waals surface area contributed by atoms with Gasteiger partial charge in [-0.25, -0.2) is 0 Å². The predicted octanol–water partition coefficient (Wildman–Crippen LogP) is -1.56. The van der Waals surface area contributed by atoms with Crippen molar-refractivity contribution < 1.29 is 24.8 Å². The van der Waals surface area contributed by atoms with E-state index in [4.69, 9.17) is 26.8 Å². The Kier molecular flexibility index (Phi) is 3.57. The summed E-state index contributed by atoms with van der Waals surface area (Å²) in [6, 6.07) is 0. The van der Waals surface area contributed by atoms with Crippen molar-refractivity contribution in [2.24, 2.45) is 0 Å². The maximum Gasteiger partial charge on any atom is 0.191 e. The first-order chi connectivity index (χ1) is 6.11. The summed E-state index contributed by atoms with van der Waals surface area (Å²) in [6.07, 6.45) is -3.90. The quantitative estimate of drug-likeness (QED) is 0.476. The van der Waals surface area contributed by atoms with Gasteiger partial charge in [0.1, 0.15) is 18.3 Å². The smallest absolute Gasteiger partial charge is 0.191 e. The Bertz CT molecular complexity index is 197. The van der Waals surface area contributed by atoms with E-state index in [0.717, 1.165) is 0 Å². The molecule has 0 radical (unpaired) electrons. The third-order valence-corrected chi connectivity index (χ3v) is 2.37. The van der Waals surface area contributed by atoms with Crippen LogP contribution in [0.2, 0.25) is 0 Å². The normalized spacial score (nSPS) is 39.1. The molecule has 13 heavy (non-hydrogen) atoms. The lowest BCUT2D eigenvalue weighted by molar-refractivity contribution is -0.0116. The third kappa shape index (κ3) is 1.97. The molecule has 0 spiro atoms. The van der Waals surface area contributed by atoms with E-state index >= 15 is 0 Å². The SMILES string of the molecule is COC(=S)C1OC(CO)C(O)C1O. The molecule has 1 rings (SSSR count). The molecular formula is C7H12O5S. The van der Waals surface area contributed by atoms with Gasteiger partial charge in [-0.3, -0.25) is 0 Å². The highest BCUT2D eigenvalue weighted by molar-refractivity contribution is 7.80. The Morgan fingerprint density at radius 2 is 2.08 bits per heavy atom. The zero-order valence-corrected chi connectivity index (χ0v) is 7.90. The molecule has 0 saturated carbocycles. The van der Waals surface area contributed by atoms with Crippen molar-refractivity contribution in [3.63, 3.8) is 0 Å². The topological polar surface area (TPSA) is 79.2 Å². The minimum absolute atomic E-state index is 0.0718. The molecule has 0 bridgehead atoms. The summed E-state index contributed by atoms with van der Waals surface area (Å²) in [6.45, 7) is -0.360. The molecule has 0 aromatic heterocycles. The van der Waals surface area contributed by atoms with E-state index < -0.39 is 24.4 Å². The predicted molar refractivity (Wildman–Crippen MR) is 47.4 cm³/mol. The Hall–Kier alpha value is -0.270. The number of methoxy groups -OCH3 is 1. The van der Waals surface area contributed by atoms with Crippen molar-refractivity contribution >= 4 is 17.3 Å². The summed E-state index contributed by atoms with van der Waals surface area (Å²) >= 11 is 4.75. The van der Waals surface area contributed by atoms with Crippen LogP contribution in [0, 0.1) is 0 Å². The van der Waals surface area contributed by atoms with E-state index in [2.05, 4.69) is 0 Å². The van der Waals surface area contributed by atoms with Gasteiger partial charge in [-0.2, -0.15) is 0 Å². The van der Waals surface area contributed by atoms with Gasteiger partial charge < -0.3 is 24.8 Å². The molecule has 4 unspecified atom stereocenters. The average molecular weight is 208 g/mol. The summed E-state index contributed by atoms with van der Waals surface area (Å²) in [5, 5.41) is 27.5. The first-order valence-electron chi connectivity index (χ1n) is 3.82. The maximum atomic E-state index is 9.41. The lowest BCUT2D eigenvalue weighted by Gasteiger charge is -2.13. The van der Waals surface area contributed by atoms with Gasteiger partial charge in [-0.1, -0.05) is 0 Å². The summed E-state index contributed by atoms with van der Waals surface area (Å²) in [5.41, 5.74) is 0. The van der Waals surface area contributed by atoms with Crippen molar-refractivity contribution in [3.8, 4) is 0 Å². The molecular weight excluding hydrogens is 196 g/mol. The number of hydrogen-bond donors (Lipinski definition) is 3. The number of thiocarbonyl (C=S) groups is 1. The van der Waals surface area contributed by atoms with Crippen molar-refractivity contribution in [2.45, 2.75) is 24.4 Å². The van der Waals surface area contributed by atoms with Gasteiger partial charge in [0.25, 0.3) is 0 Å². The standard InChI is InChI=1S/C7H12O5S/c1-11-7(13)6-5(10)4(9)3(2-8)12-6/h3-6,8-10H,2H2,1H3. The maximum absolute atomic E-state index is 9.41. The zero-order chi connectivity index (χ0) is 10.0. The molecule has 1 aliphatic heterocycles. The van der Waals surface area contributed by atoms with Gasteiger partial charge >= 0.3 is 0 Å². The second-order valence-corrected chi connectivity index (χ2v) is 3.18. The average Bonchev–Trinajstić information content (AvgIpc) is 2.43. The van der Waals surface area contributed by atoms with E-state index in [0.29, 0.717) is 0 Å². The summed E-state index contributed by atoms with van der Waals surface area (Å²) < 4.78 is 9.77. The fourth-order valence-corrected chi connectivity index (χ4v) is 1.41. The molecule has 5 nitrogen and oxygen atoms in total. The number of aliphatic hydroxyl groups excluding tert-OH is 3. The van der Waals surface area contributed by atoms with Crippen molar-refractivity contribution in [3.05, 3.63) is 0 Å². The van der Waals surface area contributed by atoms with Gasteiger partial charge in [-0.05, 0) is 12.2 Å². The van der Waals surface area contributed by atoms with Crippen LogP contribution in [0.3, 0.4) is 0 Å². The molecule has 0 aliphatic carbocycles. The molecule has 0 aromatic rings. The fourth-order valence-electron chi connectivity index (χ4n) is 1.21. The van der Waals surface area contributed by atoms with Crippen LogP contribution in [0.1, 0.15) is 0 Å². The second-order valence-electron chi connectivity index (χ2n) is 2.78. The Labute approximate surface area is 80.9 Å². The van der Waals surface area contributed by atoms with Gasteiger partial charge in [-0.15, -0.1) is 0 Å². The monoisotopic (exact) mass is 208 g/mol. The van der Waals surface area contributed by atoms with Crippen LogP contribution in [-0.4, -0.2) is 58.5 Å². The zero-order valence-electron chi connectivity index (χ0n) is 7.08. The molecule has 0 aromatic carbocycles. The van der Waals surface area contributed by atoms with Crippen LogP contribution in [0.4, 0.5) is 0 Å². The van der Waals surface area contributed by atoms with Crippen LogP contribution in [0.25, 0.3) is 0 Å². The van der Waals surface area contributed by atoms with Gasteiger partial charge in [0.2, 0.25) is 0 Å². The van der Waals surface area contributed by atoms with E-state index in [1.807, 2.05) is 0 Å². The van der Waals surface area contributed by atoms with Crippen LogP contribution >= 0.6 is 12.2 Å². The van der Waals surface area contributed by atoms with E-state index in [-0.39, 0.29) is 11.7 Å². The minimum Gasteiger partial charge on any atom is -0.488 e. The van der Waals surface area contributed by atoms with Crippen LogP contribution < -0.4 is 0 Å². The lowest BCUT2D eigenvalue weighted by Crippen LogP contribution is -2.36. The summed E-state index contributed by atoms with van der Waals surface area (Å²) in [7, 11) is 1.36. The Morgan fingerprint density at radius 3 is 2.46 bits per heavy atom. The molecule has 76 valence electrons. The minimum atomic E-state index is -1.13.